The van der Waals surface area contributed by atoms with Crippen LogP contribution in [-0.4, -0.2) is 306 Å². The van der Waals surface area contributed by atoms with Gasteiger partial charge in [0.15, 0.2) is 23.8 Å². The first kappa shape index (κ1) is 103. The molecule has 0 aliphatic carbocycles. The van der Waals surface area contributed by atoms with Crippen molar-refractivity contribution in [2.45, 2.75) is 170 Å². The number of hydrogen-bond donors (Lipinski definition) is 33. The Morgan fingerprint density at radius 3 is 1.40 bits per heavy atom. The lowest BCUT2D eigenvalue weighted by molar-refractivity contribution is -0.143. The van der Waals surface area contributed by atoms with E-state index in [1.165, 1.54) is 13.8 Å². The summed E-state index contributed by atoms with van der Waals surface area (Å²) in [4.78, 5) is 254. The summed E-state index contributed by atoms with van der Waals surface area (Å²) in [6.45, 7) is -1.77. The fourth-order valence-corrected chi connectivity index (χ4v) is 11.9. The largest absolute Gasteiger partial charge is 0.481 e. The number of H-pyrrole nitrogens is 1. The molecule has 123 heavy (non-hydrogen) atoms. The van der Waals surface area contributed by atoms with E-state index >= 15 is 0 Å². The van der Waals surface area contributed by atoms with E-state index in [2.05, 4.69) is 119 Å². The molecule has 0 bridgehead atoms. The average Bonchev–Trinajstić information content (AvgIpc) is 1.71. The van der Waals surface area contributed by atoms with Gasteiger partial charge >= 0.3 is 17.9 Å². The van der Waals surface area contributed by atoms with Crippen LogP contribution in [0.1, 0.15) is 103 Å². The monoisotopic (exact) mass is 1760 g/mol. The Labute approximate surface area is 708 Å². The van der Waals surface area contributed by atoms with Crippen molar-refractivity contribution in [2.24, 2.45) is 28.7 Å². The first-order valence-electron chi connectivity index (χ1n) is 38.6. The Morgan fingerprint density at radius 2 is 0.870 bits per heavy atom. The number of guanidine groups is 4. The van der Waals surface area contributed by atoms with Gasteiger partial charge in [0.1, 0.15) is 60.4 Å². The molecule has 1 saturated heterocycles. The van der Waals surface area contributed by atoms with Crippen LogP contribution >= 0.6 is 12.6 Å². The van der Waals surface area contributed by atoms with Crippen LogP contribution in [-0.2, 0) is 97.5 Å². The summed E-state index contributed by atoms with van der Waals surface area (Å²) in [5.74, 6) is -21.5. The third kappa shape index (κ3) is 40.6. The van der Waals surface area contributed by atoms with Gasteiger partial charge < -0.3 is 155 Å². The first-order chi connectivity index (χ1) is 58.1. The van der Waals surface area contributed by atoms with E-state index in [1.54, 1.807) is 30.5 Å². The summed E-state index contributed by atoms with van der Waals surface area (Å²) < 4.78 is 0. The molecule has 0 saturated carbocycles. The topological polar surface area (TPSA) is 858 Å². The Kier molecular flexibility index (Phi) is 45.6. The molecule has 1 aliphatic heterocycles. The van der Waals surface area contributed by atoms with Gasteiger partial charge in [-0.2, -0.15) is 12.6 Å². The summed E-state index contributed by atoms with van der Waals surface area (Å²) in [6.07, 6.45) is -0.321. The Hall–Kier alpha value is -13.9. The van der Waals surface area contributed by atoms with Crippen molar-refractivity contribution in [3.63, 3.8) is 0 Å². The minimum Gasteiger partial charge on any atom is -0.481 e. The number of nitrogens with one attached hydrogen (secondary N) is 24. The maximum atomic E-state index is 14.5. The number of carboxylic acid groups (broad SMARTS) is 3. The standard InChI is InChI=1S/C70H112N30O22S/c1-34(92-60(115)41(14-7-21-82-69(76)77)95-63(118)45(25-55(109)110)97-57(112)35(2)91-51(104)30-89-58(113)38(71)11-5-19-80-67(72)73)56(111)88-29-50(103)86-27-48(101)85-28-49(102)87-32-53(106)100-23-9-16-47(100)65(120)96-42(15-8-22-83-70(78)79)61(116)99-46(33-123)64(119)98-44(24-36-26-84-39-12-4-3-10-37(36)39)62(117)94-40(13-6-20-81-68(74)75)59(114)90-31-52(105)93-43(66(121)122)17-18-54(107)108/h3-4,10,12,26,34-35,38,40-47,84,123H,5-9,11,13-25,27-33,71H2,1-2H3,(H,85,101)(H,86,103)(H,87,102)(H,88,111)(H,89,113)(H,90,114)(H,91,104)(H,92,115)(H,93,105)(H,94,117)(H,95,118)(H,96,120)(H,97,112)(H,98,119)(H,99,116)(H,107,108)(H,109,110)(H,121,122)(H4,72,73,80)(H4,74,75,81)(H4,76,77,82)(H4,78,79,83)/t34-,35-,38-,40-,41-,42-,43-,44-,45-,46-,47-/m0/s1. The van der Waals surface area contributed by atoms with Crippen LogP contribution in [0.15, 0.2) is 30.5 Å². The number of nitrogens with two attached hydrogens (primary N) is 5. The zero-order valence-electron chi connectivity index (χ0n) is 67.5. The van der Waals surface area contributed by atoms with Crippen LogP contribution < -0.4 is 130 Å². The molecule has 0 radical (unpaired) electrons. The highest BCUT2D eigenvalue weighted by molar-refractivity contribution is 7.80. The molecule has 1 fully saturated rings. The summed E-state index contributed by atoms with van der Waals surface area (Å²) in [5.41, 5.74) is 28.4. The van der Waals surface area contributed by atoms with Crippen molar-refractivity contribution >= 4 is 160 Å². The molecule has 2 heterocycles. The highest BCUT2D eigenvalue weighted by atomic mass is 32.1. The van der Waals surface area contributed by atoms with Gasteiger partial charge in [-0.15, -0.1) is 0 Å². The third-order valence-corrected chi connectivity index (χ3v) is 18.4. The van der Waals surface area contributed by atoms with Gasteiger partial charge in [-0.25, -0.2) is 4.79 Å². The van der Waals surface area contributed by atoms with Crippen LogP contribution in [0.5, 0.6) is 0 Å². The predicted molar refractivity (Wildman–Crippen MR) is 439 cm³/mol. The first-order valence-corrected chi connectivity index (χ1v) is 39.3. The van der Waals surface area contributed by atoms with Gasteiger partial charge in [0.25, 0.3) is 0 Å². The number of likely N-dealkylation sites (tertiary alicyclic amines) is 1. The summed E-state index contributed by atoms with van der Waals surface area (Å²) in [7, 11) is 0. The lowest BCUT2D eigenvalue weighted by Crippen LogP contribution is -2.60. The Bertz CT molecular complexity index is 4130. The zero-order valence-corrected chi connectivity index (χ0v) is 68.4. The van der Waals surface area contributed by atoms with E-state index < -0.39 is 261 Å². The number of aromatic amines is 1. The molecule has 680 valence electrons. The van der Waals surface area contributed by atoms with Crippen LogP contribution in [0.2, 0.25) is 0 Å². The maximum Gasteiger partial charge on any atom is 0.326 e. The lowest BCUT2D eigenvalue weighted by atomic mass is 10.0. The Balaban J connectivity index is 1.63. The normalized spacial score (nSPS) is 14.4. The van der Waals surface area contributed by atoms with Crippen LogP contribution in [0.25, 0.3) is 10.9 Å². The Morgan fingerprint density at radius 1 is 0.447 bits per heavy atom. The molecule has 0 unspecified atom stereocenters. The molecular weight excluding hydrogens is 1650 g/mol. The number of rotatable bonds is 56. The zero-order chi connectivity index (χ0) is 92.0. The van der Waals surface area contributed by atoms with Gasteiger partial charge in [-0.1, -0.05) is 18.2 Å². The predicted octanol–water partition coefficient (Wildman–Crippen LogP) is -12.5. The van der Waals surface area contributed by atoms with Gasteiger partial charge in [-0.3, -0.25) is 108 Å². The van der Waals surface area contributed by atoms with Crippen molar-refractivity contribution in [2.75, 3.05) is 77.7 Å². The number of para-hydroxylation sites is 1. The number of hydrogen-bond acceptors (Lipinski definition) is 25. The van der Waals surface area contributed by atoms with E-state index in [4.69, 9.17) is 55.4 Å². The molecule has 37 N–H and O–H groups in total. The molecule has 52 nitrogen and oxygen atoms in total. The van der Waals surface area contributed by atoms with Crippen LogP contribution in [0.3, 0.4) is 0 Å². The summed E-state index contributed by atoms with van der Waals surface area (Å²) >= 11 is 4.32. The quantitative estimate of drug-likeness (QED) is 0.0127. The molecule has 1 aliphatic rings. The minimum absolute atomic E-state index is 0.00500. The second-order valence-corrected chi connectivity index (χ2v) is 28.3. The van der Waals surface area contributed by atoms with Gasteiger partial charge in [0.2, 0.25) is 94.5 Å². The van der Waals surface area contributed by atoms with E-state index in [9.17, 15) is 101 Å². The minimum atomic E-state index is -1.86. The fourth-order valence-electron chi connectivity index (χ4n) is 11.6. The number of carboxylic acids is 3. The lowest BCUT2D eigenvalue weighted by Gasteiger charge is -2.28. The van der Waals surface area contributed by atoms with E-state index in [-0.39, 0.29) is 103 Å². The second kappa shape index (κ2) is 54.3. The van der Waals surface area contributed by atoms with Crippen LogP contribution in [0.4, 0.5) is 0 Å². The molecule has 1 aromatic heterocycles. The summed E-state index contributed by atoms with van der Waals surface area (Å²) in [6, 6.07) is -9.28. The fraction of sp³-hybridized carbons (Fsp3) is 0.557. The number of aliphatic carboxylic acids is 3. The van der Waals surface area contributed by atoms with Crippen molar-refractivity contribution < 1.29 is 106 Å². The molecule has 0 spiro atoms. The van der Waals surface area contributed by atoms with Gasteiger partial charge in [0.05, 0.1) is 51.7 Å². The van der Waals surface area contributed by atoms with Gasteiger partial charge in [0, 0.05) is 68.4 Å². The van der Waals surface area contributed by atoms with Gasteiger partial charge in [-0.05, 0) is 96.1 Å². The van der Waals surface area contributed by atoms with Crippen molar-refractivity contribution in [1.82, 2.24) is 111 Å². The number of thiol groups is 1. The van der Waals surface area contributed by atoms with E-state index in [0.29, 0.717) is 22.9 Å². The highest BCUT2D eigenvalue weighted by Crippen LogP contribution is 2.21. The number of aromatic nitrogens is 1. The van der Waals surface area contributed by atoms with Crippen molar-refractivity contribution in [3.8, 4) is 0 Å². The smallest absolute Gasteiger partial charge is 0.326 e. The van der Waals surface area contributed by atoms with E-state index in [1.807, 2.05) is 0 Å². The van der Waals surface area contributed by atoms with Crippen LogP contribution in [0, 0.1) is 21.6 Å². The van der Waals surface area contributed by atoms with E-state index in [0.717, 1.165) is 4.90 Å². The second-order valence-electron chi connectivity index (χ2n) is 27.9. The SMILES string of the molecule is C[C@H](NC(=O)CNC(=O)[C@@H](N)CCCNC(=N)N)C(=O)N[C@@H](CC(=O)O)C(=O)N[C@@H](CCCNC(=N)N)C(=O)N[C@@H](C)C(=O)NCC(=O)NCC(=O)NCC(=O)NCC(=O)N1CCC[C@H]1C(=O)N[C@@H](CCCNC(=N)N)C(=O)N[C@@H](CS)C(=O)N[C@@H](Cc1c[nH]c2ccccc12)C(=O)N[C@@H](CCCNC(=N)N)C(=O)NCC(=O)N[C@@H](CCC(=O)O)C(=O)O. The molecule has 11 atom stereocenters. The number of carbonyl (C=O) groups is 19. The summed E-state index contributed by atoms with van der Waals surface area (Å²) in [5, 5.41) is 104. The van der Waals surface area contributed by atoms with Crippen molar-refractivity contribution in [3.05, 3.63) is 36.0 Å². The molecule has 53 heteroatoms. The number of fused-ring (bicyclic) bond motifs is 1. The molecular formula is C70H112N30O22S. The number of amides is 16. The number of nitrogens with zero attached hydrogens (tertiary/aromatic N) is 1. The molecule has 16 amide bonds. The molecule has 3 rings (SSSR count). The van der Waals surface area contributed by atoms with Crippen molar-refractivity contribution in [1.29, 1.82) is 21.6 Å². The number of carbonyl (C=O) groups excluding carboxylic acids is 16. The third-order valence-electron chi connectivity index (χ3n) is 18.0. The molecule has 2 aromatic rings. The average molecular weight is 1760 g/mol. The maximum absolute atomic E-state index is 14.5. The molecule has 1 aromatic carbocycles. The highest BCUT2D eigenvalue weighted by Gasteiger charge is 2.39. The number of benzene rings is 1.